The Bertz CT molecular complexity index is 325. The lowest BCUT2D eigenvalue weighted by Gasteiger charge is -2.20. The van der Waals surface area contributed by atoms with Crippen molar-refractivity contribution in [3.63, 3.8) is 0 Å². The molecule has 0 aromatic heterocycles. The fraction of sp³-hybridized carbons (Fsp3) is 0.500. The minimum atomic E-state index is 0.177. The summed E-state index contributed by atoms with van der Waals surface area (Å²) in [6.07, 6.45) is 0.177. The van der Waals surface area contributed by atoms with Gasteiger partial charge in [-0.05, 0) is 31.0 Å². The van der Waals surface area contributed by atoms with Gasteiger partial charge in [0.15, 0.2) is 0 Å². The second-order valence-electron chi connectivity index (χ2n) is 4.02. The molecule has 15 heavy (non-hydrogen) atoms. The van der Waals surface area contributed by atoms with Gasteiger partial charge in [0.25, 0.3) is 0 Å². The maximum atomic E-state index is 5.88. The number of hydrogen-bond acceptors (Lipinski definition) is 2. The summed E-state index contributed by atoms with van der Waals surface area (Å²) >= 11 is 5.88. The van der Waals surface area contributed by atoms with E-state index in [0.29, 0.717) is 17.5 Å². The third kappa shape index (κ3) is 3.40. The molecule has 1 rings (SSSR count). The lowest BCUT2D eigenvalue weighted by Crippen LogP contribution is -2.19. The lowest BCUT2D eigenvalue weighted by molar-refractivity contribution is 0.169. The molecule has 84 valence electrons. The number of benzene rings is 1. The Morgan fingerprint density at radius 3 is 2.53 bits per heavy atom. The summed E-state index contributed by atoms with van der Waals surface area (Å²) in [7, 11) is 0. The highest BCUT2D eigenvalue weighted by molar-refractivity contribution is 6.30. The summed E-state index contributed by atoms with van der Waals surface area (Å²) in [4.78, 5) is 0. The third-order valence-electron chi connectivity index (χ3n) is 2.49. The minimum Gasteiger partial charge on any atom is -0.490 e. The first-order valence-corrected chi connectivity index (χ1v) is 5.57. The molecule has 2 nitrogen and oxygen atoms in total. The van der Waals surface area contributed by atoms with Crippen LogP contribution in [-0.2, 0) is 6.54 Å². The summed E-state index contributed by atoms with van der Waals surface area (Å²) in [5.74, 6) is 1.31. The summed E-state index contributed by atoms with van der Waals surface area (Å²) in [5.41, 5.74) is 6.59. The number of nitrogens with two attached hydrogens (primary N) is 1. The molecule has 0 bridgehead atoms. The van der Waals surface area contributed by atoms with Crippen molar-refractivity contribution < 1.29 is 4.74 Å². The average Bonchev–Trinajstić information content (AvgIpc) is 2.20. The fourth-order valence-electron chi connectivity index (χ4n) is 1.16. The van der Waals surface area contributed by atoms with E-state index in [9.17, 15) is 0 Å². The summed E-state index contributed by atoms with van der Waals surface area (Å²) in [6.45, 7) is 6.76. The molecule has 0 aliphatic heterocycles. The largest absolute Gasteiger partial charge is 0.490 e. The van der Waals surface area contributed by atoms with Crippen molar-refractivity contribution >= 4 is 11.6 Å². The molecule has 0 saturated heterocycles. The van der Waals surface area contributed by atoms with Gasteiger partial charge in [-0.15, -0.1) is 0 Å². The van der Waals surface area contributed by atoms with E-state index in [0.717, 1.165) is 11.3 Å². The highest BCUT2D eigenvalue weighted by Crippen LogP contribution is 2.24. The second kappa shape index (κ2) is 5.38. The smallest absolute Gasteiger partial charge is 0.124 e. The first kappa shape index (κ1) is 12.3. The predicted octanol–water partition coefficient (Wildman–Crippen LogP) is 3.22. The molecular weight excluding hydrogens is 210 g/mol. The molecule has 0 radical (unpaired) electrons. The second-order valence-corrected chi connectivity index (χ2v) is 4.46. The van der Waals surface area contributed by atoms with E-state index in [2.05, 4.69) is 20.8 Å². The van der Waals surface area contributed by atoms with Crippen LogP contribution >= 0.6 is 11.6 Å². The standard InChI is InChI=1S/C12H18ClNO/c1-8(2)9(3)15-12-5-4-11(13)6-10(12)7-14/h4-6,8-9H,7,14H2,1-3H3. The van der Waals surface area contributed by atoms with Crippen molar-refractivity contribution in [1.29, 1.82) is 0 Å². The number of hydrogen-bond donors (Lipinski definition) is 1. The normalized spacial score (nSPS) is 12.9. The zero-order valence-corrected chi connectivity index (χ0v) is 10.2. The van der Waals surface area contributed by atoms with E-state index >= 15 is 0 Å². The molecule has 0 aliphatic carbocycles. The Balaban J connectivity index is 2.84. The van der Waals surface area contributed by atoms with E-state index in [1.165, 1.54) is 0 Å². The van der Waals surface area contributed by atoms with Crippen LogP contribution in [0.3, 0.4) is 0 Å². The maximum absolute atomic E-state index is 5.88. The first-order chi connectivity index (χ1) is 7.04. The summed E-state index contributed by atoms with van der Waals surface area (Å²) in [6, 6.07) is 5.55. The van der Waals surface area contributed by atoms with Crippen LogP contribution in [0.5, 0.6) is 5.75 Å². The van der Waals surface area contributed by atoms with Gasteiger partial charge in [0, 0.05) is 17.1 Å². The Kier molecular flexibility index (Phi) is 4.43. The Hall–Kier alpha value is -0.730. The molecule has 0 heterocycles. The molecule has 0 fully saturated rings. The van der Waals surface area contributed by atoms with Crippen molar-refractivity contribution in [3.05, 3.63) is 28.8 Å². The zero-order valence-electron chi connectivity index (χ0n) is 9.46. The van der Waals surface area contributed by atoms with Crippen LogP contribution in [0.1, 0.15) is 26.3 Å². The molecule has 0 amide bonds. The van der Waals surface area contributed by atoms with E-state index in [4.69, 9.17) is 22.1 Å². The van der Waals surface area contributed by atoms with Gasteiger partial charge in [0.05, 0.1) is 6.10 Å². The molecule has 1 aromatic carbocycles. The monoisotopic (exact) mass is 227 g/mol. The van der Waals surface area contributed by atoms with Gasteiger partial charge >= 0.3 is 0 Å². The highest BCUT2D eigenvalue weighted by Gasteiger charge is 2.11. The van der Waals surface area contributed by atoms with Crippen molar-refractivity contribution in [3.8, 4) is 5.75 Å². The van der Waals surface area contributed by atoms with Gasteiger partial charge in [0.2, 0.25) is 0 Å². The molecule has 1 atom stereocenters. The Morgan fingerprint density at radius 2 is 2.00 bits per heavy atom. The lowest BCUT2D eigenvalue weighted by atomic mass is 10.1. The van der Waals surface area contributed by atoms with Crippen molar-refractivity contribution in [1.82, 2.24) is 0 Å². The molecule has 1 aromatic rings. The third-order valence-corrected chi connectivity index (χ3v) is 2.73. The maximum Gasteiger partial charge on any atom is 0.124 e. The Morgan fingerprint density at radius 1 is 1.33 bits per heavy atom. The molecule has 2 N–H and O–H groups in total. The topological polar surface area (TPSA) is 35.2 Å². The van der Waals surface area contributed by atoms with Crippen LogP contribution in [0.15, 0.2) is 18.2 Å². The average molecular weight is 228 g/mol. The fourth-order valence-corrected chi connectivity index (χ4v) is 1.35. The van der Waals surface area contributed by atoms with E-state index < -0.39 is 0 Å². The first-order valence-electron chi connectivity index (χ1n) is 5.19. The molecule has 1 unspecified atom stereocenters. The number of rotatable bonds is 4. The molecule has 0 spiro atoms. The van der Waals surface area contributed by atoms with E-state index in [-0.39, 0.29) is 6.10 Å². The number of halogens is 1. The van der Waals surface area contributed by atoms with Gasteiger partial charge in [-0.1, -0.05) is 25.4 Å². The van der Waals surface area contributed by atoms with Gasteiger partial charge in [-0.2, -0.15) is 0 Å². The Labute approximate surface area is 96.4 Å². The van der Waals surface area contributed by atoms with Crippen LogP contribution in [0.2, 0.25) is 5.02 Å². The molecule has 0 aliphatic rings. The molecule has 0 saturated carbocycles. The van der Waals surface area contributed by atoms with Crippen molar-refractivity contribution in [2.75, 3.05) is 0 Å². The molecule has 3 heteroatoms. The molecular formula is C12H18ClNO. The minimum absolute atomic E-state index is 0.177. The van der Waals surface area contributed by atoms with Crippen LogP contribution in [0, 0.1) is 5.92 Å². The SMILES string of the molecule is CC(C)C(C)Oc1ccc(Cl)cc1CN. The zero-order chi connectivity index (χ0) is 11.4. The van der Waals surface area contributed by atoms with E-state index in [1.54, 1.807) is 0 Å². The summed E-state index contributed by atoms with van der Waals surface area (Å²) in [5, 5.41) is 0.694. The highest BCUT2D eigenvalue weighted by atomic mass is 35.5. The van der Waals surface area contributed by atoms with Gasteiger partial charge in [-0.25, -0.2) is 0 Å². The van der Waals surface area contributed by atoms with Crippen molar-refractivity contribution in [2.45, 2.75) is 33.4 Å². The van der Waals surface area contributed by atoms with Crippen LogP contribution in [0.4, 0.5) is 0 Å². The number of ether oxygens (including phenoxy) is 1. The summed E-state index contributed by atoms with van der Waals surface area (Å²) < 4.78 is 5.81. The van der Waals surface area contributed by atoms with Crippen LogP contribution in [-0.4, -0.2) is 6.10 Å². The predicted molar refractivity (Wildman–Crippen MR) is 64.3 cm³/mol. The van der Waals surface area contributed by atoms with Gasteiger partial charge in [-0.3, -0.25) is 0 Å². The van der Waals surface area contributed by atoms with Gasteiger partial charge in [0.1, 0.15) is 5.75 Å². The van der Waals surface area contributed by atoms with E-state index in [1.807, 2.05) is 18.2 Å². The van der Waals surface area contributed by atoms with Crippen LogP contribution in [0.25, 0.3) is 0 Å². The van der Waals surface area contributed by atoms with Crippen LogP contribution < -0.4 is 10.5 Å². The quantitative estimate of drug-likeness (QED) is 0.857. The van der Waals surface area contributed by atoms with Crippen molar-refractivity contribution in [2.24, 2.45) is 11.7 Å². The van der Waals surface area contributed by atoms with Gasteiger partial charge < -0.3 is 10.5 Å².